The molecule has 1 N–H and O–H groups in total. The Labute approximate surface area is 234 Å². The minimum Gasteiger partial charge on any atom is -0.478 e. The molecule has 4 saturated carbocycles. The van der Waals surface area contributed by atoms with Crippen molar-refractivity contribution >= 4 is 39.6 Å². The summed E-state index contributed by atoms with van der Waals surface area (Å²) in [5.74, 6) is -0.427. The van der Waals surface area contributed by atoms with Crippen molar-refractivity contribution in [3.63, 3.8) is 0 Å². The molecule has 0 atom stereocenters. The molecule has 1 amide bonds. The summed E-state index contributed by atoms with van der Waals surface area (Å²) >= 11 is 3.59. The Bertz CT molecular complexity index is 1230. The second-order valence-electron chi connectivity index (χ2n) is 12.4. The molecule has 2 aromatic carbocycles. The van der Waals surface area contributed by atoms with Gasteiger partial charge < -0.3 is 10.0 Å². The smallest absolute Gasteiger partial charge is 0.331 e. The second kappa shape index (κ2) is 10.3. The third-order valence-electron chi connectivity index (χ3n) is 10.3. The number of fused-ring (bicyclic) bond motifs is 4. The normalized spacial score (nSPS) is 26.9. The molecule has 0 aliphatic heterocycles. The molecular weight excluding hydrogens is 538 g/mol. The fraction of sp³-hybridized carbons (Fsp3) is 0.515. The van der Waals surface area contributed by atoms with Gasteiger partial charge in [-0.2, -0.15) is 0 Å². The van der Waals surface area contributed by atoms with E-state index >= 15 is 0 Å². The zero-order valence-corrected chi connectivity index (χ0v) is 23.8. The Kier molecular flexibility index (Phi) is 7.00. The summed E-state index contributed by atoms with van der Waals surface area (Å²) in [6.45, 7) is 0.796. The Morgan fingerprint density at radius 2 is 1.58 bits per heavy atom. The van der Waals surface area contributed by atoms with E-state index in [1.165, 1.54) is 31.2 Å². The van der Waals surface area contributed by atoms with Crippen LogP contribution in [-0.4, -0.2) is 23.5 Å². The first-order chi connectivity index (χ1) is 18.4. The predicted octanol–water partition coefficient (Wildman–Crippen LogP) is 8.07. The van der Waals surface area contributed by atoms with E-state index in [1.54, 1.807) is 0 Å². The van der Waals surface area contributed by atoms with Crippen molar-refractivity contribution in [3.05, 3.63) is 69.2 Å². The molecule has 0 aromatic heterocycles. The van der Waals surface area contributed by atoms with Crippen molar-refractivity contribution in [2.75, 3.05) is 11.4 Å². The first-order valence-corrected chi connectivity index (χ1v) is 15.3. The lowest BCUT2D eigenvalue weighted by Crippen LogP contribution is -2.51. The second-order valence-corrected chi connectivity index (χ2v) is 13.3. The van der Waals surface area contributed by atoms with Gasteiger partial charge in [-0.3, -0.25) is 4.79 Å². The number of hydrogen-bond donors (Lipinski definition) is 1. The van der Waals surface area contributed by atoms with Crippen LogP contribution in [0.25, 0.3) is 6.08 Å². The lowest BCUT2D eigenvalue weighted by atomic mass is 9.51. The topological polar surface area (TPSA) is 57.6 Å². The lowest BCUT2D eigenvalue weighted by Gasteiger charge is -2.55. The predicted molar refractivity (Wildman–Crippen MR) is 155 cm³/mol. The quantitative estimate of drug-likeness (QED) is 0.378. The summed E-state index contributed by atoms with van der Waals surface area (Å²) in [5.41, 5.74) is 5.53. The van der Waals surface area contributed by atoms with Gasteiger partial charge in [0.2, 0.25) is 5.91 Å². The Hall–Kier alpha value is -2.40. The van der Waals surface area contributed by atoms with Crippen LogP contribution in [0.4, 0.5) is 5.69 Å². The van der Waals surface area contributed by atoms with Crippen molar-refractivity contribution < 1.29 is 14.7 Å². The molecule has 5 aliphatic rings. The highest BCUT2D eigenvalue weighted by atomic mass is 79.9. The third-order valence-corrected chi connectivity index (χ3v) is 10.8. The van der Waals surface area contributed by atoms with E-state index in [2.05, 4.69) is 51.2 Å². The van der Waals surface area contributed by atoms with Crippen LogP contribution in [0.3, 0.4) is 0 Å². The van der Waals surface area contributed by atoms with Gasteiger partial charge in [0.15, 0.2) is 0 Å². The van der Waals surface area contributed by atoms with Gasteiger partial charge in [-0.25, -0.2) is 4.79 Å². The van der Waals surface area contributed by atoms with E-state index in [1.807, 2.05) is 18.2 Å². The number of amides is 1. The molecule has 4 fully saturated rings. The number of carbonyl (C=O) groups excluding carboxylic acids is 1. The van der Waals surface area contributed by atoms with Gasteiger partial charge in [-0.15, -0.1) is 0 Å². The molecule has 0 saturated heterocycles. The van der Waals surface area contributed by atoms with Crippen molar-refractivity contribution in [1.82, 2.24) is 0 Å². The molecule has 2 aromatic rings. The first kappa shape index (κ1) is 25.9. The molecule has 5 aliphatic carbocycles. The number of carbonyl (C=O) groups is 2. The molecule has 0 unspecified atom stereocenters. The summed E-state index contributed by atoms with van der Waals surface area (Å²) < 4.78 is 1.13. The first-order valence-electron chi connectivity index (χ1n) is 14.5. The van der Waals surface area contributed by atoms with E-state index in [9.17, 15) is 14.7 Å². The van der Waals surface area contributed by atoms with Crippen LogP contribution >= 0.6 is 15.9 Å². The molecule has 200 valence electrons. The van der Waals surface area contributed by atoms with Gasteiger partial charge in [0.05, 0.1) is 0 Å². The average Bonchev–Trinajstić information content (AvgIpc) is 2.97. The number of hydrogen-bond acceptors (Lipinski definition) is 2. The standard InChI is InChI=1S/C33H38BrNO3/c34-27-12-10-26(11-13-27)33-18-15-32(16-19-33,17-20-33)22-35(30(36)23-5-2-1-3-6-23)29-8-4-7-24-21-25(31(37)38)9-14-28(24)29/h4,7-8,10-13,21,23H,1-3,5-6,9,14-20,22H2,(H,37,38). The highest BCUT2D eigenvalue weighted by Gasteiger charge is 2.50. The van der Waals surface area contributed by atoms with E-state index in [-0.39, 0.29) is 16.7 Å². The highest BCUT2D eigenvalue weighted by Crippen LogP contribution is 2.58. The number of rotatable bonds is 6. The number of halogens is 1. The average molecular weight is 577 g/mol. The number of nitrogens with zero attached hydrogens (tertiary/aromatic N) is 1. The summed E-state index contributed by atoms with van der Waals surface area (Å²) in [6.07, 6.45) is 15.6. The molecule has 5 heteroatoms. The van der Waals surface area contributed by atoms with E-state index in [4.69, 9.17) is 0 Å². The van der Waals surface area contributed by atoms with Gasteiger partial charge in [0.25, 0.3) is 0 Å². The number of anilines is 1. The summed E-state index contributed by atoms with van der Waals surface area (Å²) in [7, 11) is 0. The number of carboxylic acid groups (broad SMARTS) is 1. The summed E-state index contributed by atoms with van der Waals surface area (Å²) in [6, 6.07) is 15.1. The van der Waals surface area contributed by atoms with Crippen LogP contribution in [0, 0.1) is 11.3 Å². The van der Waals surface area contributed by atoms with Gasteiger partial charge >= 0.3 is 5.97 Å². The van der Waals surface area contributed by atoms with Crippen LogP contribution in [-0.2, 0) is 21.4 Å². The molecule has 4 nitrogen and oxygen atoms in total. The maximum atomic E-state index is 14.2. The lowest BCUT2D eigenvalue weighted by molar-refractivity contribution is -0.132. The van der Waals surface area contributed by atoms with Crippen molar-refractivity contribution in [2.24, 2.45) is 11.3 Å². The fourth-order valence-corrected chi connectivity index (χ4v) is 8.13. The molecule has 7 rings (SSSR count). The van der Waals surface area contributed by atoms with Crippen molar-refractivity contribution in [3.8, 4) is 0 Å². The molecular formula is C33H38BrNO3. The number of benzene rings is 2. The van der Waals surface area contributed by atoms with Gasteiger partial charge in [0, 0.05) is 28.2 Å². The zero-order valence-electron chi connectivity index (χ0n) is 22.2. The monoisotopic (exact) mass is 575 g/mol. The van der Waals surface area contributed by atoms with E-state index in [0.29, 0.717) is 24.3 Å². The van der Waals surface area contributed by atoms with Gasteiger partial charge in [-0.1, -0.05) is 59.5 Å². The van der Waals surface area contributed by atoms with Gasteiger partial charge in [-0.05, 0) is 116 Å². The summed E-state index contributed by atoms with van der Waals surface area (Å²) in [4.78, 5) is 28.1. The minimum absolute atomic E-state index is 0.110. The highest BCUT2D eigenvalue weighted by molar-refractivity contribution is 9.10. The van der Waals surface area contributed by atoms with Crippen LogP contribution in [0.1, 0.15) is 93.7 Å². The van der Waals surface area contributed by atoms with E-state index < -0.39 is 5.97 Å². The van der Waals surface area contributed by atoms with Crippen LogP contribution in [0.5, 0.6) is 0 Å². The number of carboxylic acids is 1. The van der Waals surface area contributed by atoms with Crippen LogP contribution < -0.4 is 4.90 Å². The molecule has 0 heterocycles. The summed E-state index contributed by atoms with van der Waals surface area (Å²) in [5, 5.41) is 9.57. The molecule has 0 spiro atoms. The zero-order chi connectivity index (χ0) is 26.3. The third kappa shape index (κ3) is 4.76. The van der Waals surface area contributed by atoms with Crippen LogP contribution in [0.15, 0.2) is 52.5 Å². The van der Waals surface area contributed by atoms with Crippen molar-refractivity contribution in [1.29, 1.82) is 0 Å². The SMILES string of the molecule is O=C(O)C1=Cc2cccc(N(CC34CCC(c5ccc(Br)cc5)(CC3)CC4)C(=O)C3CCCCC3)c2CC1. The Morgan fingerprint density at radius 1 is 0.895 bits per heavy atom. The Morgan fingerprint density at radius 3 is 2.24 bits per heavy atom. The minimum atomic E-state index is -0.839. The number of aliphatic carboxylic acids is 1. The van der Waals surface area contributed by atoms with Crippen LogP contribution in [0.2, 0.25) is 0 Å². The molecule has 2 bridgehead atoms. The van der Waals surface area contributed by atoms with Crippen molar-refractivity contribution in [2.45, 2.75) is 88.9 Å². The largest absolute Gasteiger partial charge is 0.478 e. The van der Waals surface area contributed by atoms with E-state index in [0.717, 1.165) is 72.8 Å². The molecule has 38 heavy (non-hydrogen) atoms. The Balaban J connectivity index is 1.30. The maximum Gasteiger partial charge on any atom is 0.331 e. The fourth-order valence-electron chi connectivity index (χ4n) is 7.86. The maximum absolute atomic E-state index is 14.2. The molecule has 0 radical (unpaired) electrons. The van der Waals surface area contributed by atoms with Gasteiger partial charge in [0.1, 0.15) is 0 Å².